The Kier molecular flexibility index (Phi) is 11.1. The summed E-state index contributed by atoms with van der Waals surface area (Å²) in [4.78, 5) is 24.9. The molecule has 1 aliphatic carbocycles. The molecule has 0 spiro atoms. The molecule has 1 aromatic heterocycles. The maximum absolute atomic E-state index is 15.7. The van der Waals surface area contributed by atoms with Crippen molar-refractivity contribution in [3.63, 3.8) is 0 Å². The Hall–Kier alpha value is -3.86. The van der Waals surface area contributed by atoms with E-state index in [1.165, 1.54) is 13.0 Å². The summed E-state index contributed by atoms with van der Waals surface area (Å²) >= 11 is 0. The van der Waals surface area contributed by atoms with Gasteiger partial charge in [-0.25, -0.2) is 13.8 Å². The quantitative estimate of drug-likeness (QED) is 0.246. The van der Waals surface area contributed by atoms with E-state index in [2.05, 4.69) is 39.1 Å². The predicted octanol–water partition coefficient (Wildman–Crippen LogP) is 6.55. The SMILES string of the molecule is CC/C(=C\C=C(/N)Nc1ncnc(Oc2cc(F)c(C)c(/C=C(/C)CC(CC)C(=O)C3CC3)c2F)c1F)N1CCN(C)CC1. The maximum atomic E-state index is 15.7. The van der Waals surface area contributed by atoms with Gasteiger partial charge in [-0.15, -0.1) is 0 Å². The van der Waals surface area contributed by atoms with Gasteiger partial charge in [0.2, 0.25) is 5.82 Å². The van der Waals surface area contributed by atoms with Crippen molar-refractivity contribution in [1.82, 2.24) is 19.8 Å². The molecule has 44 heavy (non-hydrogen) atoms. The number of halogens is 3. The van der Waals surface area contributed by atoms with Crippen molar-refractivity contribution >= 4 is 17.7 Å². The van der Waals surface area contributed by atoms with Crippen LogP contribution in [0.5, 0.6) is 11.6 Å². The molecule has 1 saturated carbocycles. The van der Waals surface area contributed by atoms with Gasteiger partial charge in [0.15, 0.2) is 17.4 Å². The zero-order valence-corrected chi connectivity index (χ0v) is 26.2. The Morgan fingerprint density at radius 2 is 1.84 bits per heavy atom. The number of nitrogens with zero attached hydrogens (tertiary/aromatic N) is 4. The second-order valence-corrected chi connectivity index (χ2v) is 11.7. The van der Waals surface area contributed by atoms with E-state index >= 15 is 8.78 Å². The lowest BCUT2D eigenvalue weighted by Crippen LogP contribution is -2.43. The molecule has 238 valence electrons. The monoisotopic (exact) mass is 612 g/mol. The largest absolute Gasteiger partial charge is 0.433 e. The third-order valence-corrected chi connectivity index (χ3v) is 8.26. The fourth-order valence-corrected chi connectivity index (χ4v) is 5.32. The van der Waals surface area contributed by atoms with Crippen molar-refractivity contribution in [3.05, 3.63) is 70.2 Å². The molecule has 1 unspecified atom stereocenters. The summed E-state index contributed by atoms with van der Waals surface area (Å²) in [6.45, 7) is 11.0. The van der Waals surface area contributed by atoms with E-state index in [4.69, 9.17) is 10.5 Å². The number of hydrogen-bond acceptors (Lipinski definition) is 8. The highest BCUT2D eigenvalue weighted by atomic mass is 19.1. The minimum absolute atomic E-state index is 0.0231. The number of piperazine rings is 1. The van der Waals surface area contributed by atoms with Crippen molar-refractivity contribution < 1.29 is 22.7 Å². The van der Waals surface area contributed by atoms with Crippen molar-refractivity contribution in [2.24, 2.45) is 17.6 Å². The molecule has 11 heteroatoms. The van der Waals surface area contributed by atoms with E-state index in [-0.39, 0.29) is 40.4 Å². The third kappa shape index (κ3) is 8.19. The number of anilines is 1. The van der Waals surface area contributed by atoms with Crippen molar-refractivity contribution in [1.29, 1.82) is 0 Å². The normalized spacial score (nSPS) is 17.5. The average molecular weight is 613 g/mol. The van der Waals surface area contributed by atoms with E-state index in [1.54, 1.807) is 13.0 Å². The van der Waals surface area contributed by atoms with E-state index < -0.39 is 29.1 Å². The van der Waals surface area contributed by atoms with E-state index in [0.29, 0.717) is 12.8 Å². The van der Waals surface area contributed by atoms with E-state index in [1.807, 2.05) is 13.0 Å². The highest BCUT2D eigenvalue weighted by Gasteiger charge is 2.34. The Morgan fingerprint density at radius 3 is 2.48 bits per heavy atom. The van der Waals surface area contributed by atoms with Crippen LogP contribution in [0.3, 0.4) is 0 Å². The average Bonchev–Trinajstić information content (AvgIpc) is 3.85. The predicted molar refractivity (Wildman–Crippen MR) is 166 cm³/mol. The van der Waals surface area contributed by atoms with Gasteiger partial charge in [-0.3, -0.25) is 4.79 Å². The van der Waals surface area contributed by atoms with Crippen LogP contribution in [-0.2, 0) is 4.79 Å². The molecule has 0 bridgehead atoms. The Labute approximate surface area is 257 Å². The van der Waals surface area contributed by atoms with E-state index in [9.17, 15) is 9.18 Å². The highest BCUT2D eigenvalue weighted by molar-refractivity contribution is 5.85. The minimum atomic E-state index is -1.01. The molecule has 0 amide bonds. The second-order valence-electron chi connectivity index (χ2n) is 11.7. The Balaban J connectivity index is 1.52. The number of benzene rings is 1. The van der Waals surface area contributed by atoms with Gasteiger partial charge >= 0.3 is 0 Å². The van der Waals surface area contributed by atoms with Crippen LogP contribution in [0.4, 0.5) is 19.0 Å². The van der Waals surface area contributed by atoms with Gasteiger partial charge in [-0.05, 0) is 70.7 Å². The number of aromatic nitrogens is 2. The third-order valence-electron chi connectivity index (χ3n) is 8.26. The standard InChI is InChI=1S/C33H43F3N6O2/c1-6-22(31(43)23-8-9-23)16-20(3)17-25-21(4)26(34)18-27(29(25)35)44-33-30(36)32(38-19-39-33)40-28(37)11-10-24(7-2)42-14-12-41(5)13-15-42/h10-11,17-19,22-23H,6-9,12-16,37H2,1-5H3,(H,38,39,40)/b20-17-,24-10+,28-11+. The zero-order chi connectivity index (χ0) is 32.0. The number of carbonyl (C=O) groups excluding carboxylic acids is 1. The topological polar surface area (TPSA) is 96.6 Å². The number of ketones is 1. The number of ether oxygens (including phenoxy) is 1. The number of Topliss-reactive ketones (excluding diaryl/α,β-unsaturated/α-hetero) is 1. The van der Waals surface area contributed by atoms with Gasteiger partial charge < -0.3 is 25.6 Å². The van der Waals surface area contributed by atoms with Gasteiger partial charge in [0.1, 0.15) is 23.7 Å². The lowest BCUT2D eigenvalue weighted by atomic mass is 9.90. The summed E-state index contributed by atoms with van der Waals surface area (Å²) in [5.74, 6) is -3.66. The number of rotatable bonds is 13. The van der Waals surface area contributed by atoms with Gasteiger partial charge in [0.25, 0.3) is 5.88 Å². The first kappa shape index (κ1) is 33.0. The molecule has 1 aromatic carbocycles. The number of likely N-dealkylation sites (N-methyl/N-ethyl adjacent to an activating group) is 1. The first-order chi connectivity index (χ1) is 21.0. The molecule has 2 aromatic rings. The number of carbonyl (C=O) groups is 1. The van der Waals surface area contributed by atoms with Gasteiger partial charge in [-0.1, -0.05) is 25.5 Å². The lowest BCUT2D eigenvalue weighted by molar-refractivity contribution is -0.124. The molecule has 8 nitrogen and oxygen atoms in total. The summed E-state index contributed by atoms with van der Waals surface area (Å²) in [6.07, 6.45) is 9.86. The minimum Gasteiger partial charge on any atom is -0.433 e. The zero-order valence-electron chi connectivity index (χ0n) is 26.2. The molecule has 0 radical (unpaired) electrons. The first-order valence-corrected chi connectivity index (χ1v) is 15.3. The van der Waals surface area contributed by atoms with Gasteiger partial charge in [-0.2, -0.15) is 9.37 Å². The molecule has 4 rings (SSSR count). The maximum Gasteiger partial charge on any atom is 0.261 e. The van der Waals surface area contributed by atoms with Crippen LogP contribution in [-0.4, -0.2) is 58.8 Å². The fourth-order valence-electron chi connectivity index (χ4n) is 5.32. The molecule has 1 atom stereocenters. The first-order valence-electron chi connectivity index (χ1n) is 15.3. The summed E-state index contributed by atoms with van der Waals surface area (Å²) in [5, 5.41) is 2.70. The van der Waals surface area contributed by atoms with Crippen LogP contribution < -0.4 is 15.8 Å². The second kappa shape index (κ2) is 14.7. The van der Waals surface area contributed by atoms with Gasteiger partial charge in [0.05, 0.1) is 0 Å². The van der Waals surface area contributed by atoms with Gasteiger partial charge in [0, 0.05) is 55.3 Å². The van der Waals surface area contributed by atoms with Crippen molar-refractivity contribution in [3.8, 4) is 11.6 Å². The summed E-state index contributed by atoms with van der Waals surface area (Å²) < 4.78 is 51.4. The number of nitrogens with one attached hydrogen (secondary N) is 1. The number of hydrogen-bond donors (Lipinski definition) is 2. The summed E-state index contributed by atoms with van der Waals surface area (Å²) in [7, 11) is 2.09. The molecule has 2 fully saturated rings. The number of allylic oxidation sites excluding steroid dienone is 4. The summed E-state index contributed by atoms with van der Waals surface area (Å²) in [6, 6.07) is 0.862. The van der Waals surface area contributed by atoms with Crippen LogP contribution in [0.1, 0.15) is 64.0 Å². The smallest absolute Gasteiger partial charge is 0.261 e. The molecule has 3 N–H and O–H groups in total. The van der Waals surface area contributed by atoms with Crippen LogP contribution in [0.2, 0.25) is 0 Å². The Morgan fingerprint density at radius 1 is 1.14 bits per heavy atom. The Bertz CT molecular complexity index is 1450. The van der Waals surface area contributed by atoms with Crippen LogP contribution in [0.15, 0.2) is 41.6 Å². The molecular weight excluding hydrogens is 569 g/mol. The van der Waals surface area contributed by atoms with Crippen LogP contribution in [0.25, 0.3) is 6.08 Å². The fraction of sp³-hybridized carbons (Fsp3) is 0.485. The van der Waals surface area contributed by atoms with Crippen LogP contribution >= 0.6 is 0 Å². The summed E-state index contributed by atoms with van der Waals surface area (Å²) in [5.41, 5.74) is 8.01. The van der Waals surface area contributed by atoms with Crippen molar-refractivity contribution in [2.45, 2.75) is 59.8 Å². The van der Waals surface area contributed by atoms with Crippen molar-refractivity contribution in [2.75, 3.05) is 38.5 Å². The van der Waals surface area contributed by atoms with E-state index in [0.717, 1.165) is 69.1 Å². The highest BCUT2D eigenvalue weighted by Crippen LogP contribution is 2.36. The molecule has 1 saturated heterocycles. The molecule has 2 aliphatic rings. The van der Waals surface area contributed by atoms with Crippen LogP contribution in [0, 0.1) is 36.2 Å². The number of nitrogens with two attached hydrogens (primary N) is 1. The molecule has 2 heterocycles. The molecular formula is C33H43F3N6O2. The molecule has 1 aliphatic heterocycles. The lowest BCUT2D eigenvalue weighted by Gasteiger charge is -2.35.